The average Bonchev–Trinajstić information content (AvgIpc) is 3.09. The molecule has 3 aromatic rings. The number of rotatable bonds is 5. The molecule has 37 heavy (non-hydrogen) atoms. The lowest BCUT2D eigenvalue weighted by atomic mass is 9.60. The van der Waals surface area contributed by atoms with Crippen LogP contribution in [-0.2, 0) is 11.0 Å². The lowest BCUT2D eigenvalue weighted by Gasteiger charge is -2.49. The Morgan fingerprint density at radius 1 is 0.730 bits per heavy atom. The van der Waals surface area contributed by atoms with Gasteiger partial charge in [0.05, 0.1) is 0 Å². The third kappa shape index (κ3) is 3.51. The van der Waals surface area contributed by atoms with Crippen molar-refractivity contribution in [3.8, 4) is 0 Å². The van der Waals surface area contributed by atoms with Crippen molar-refractivity contribution in [1.29, 1.82) is 0 Å². The largest absolute Gasteiger partial charge is 0.378 e. The number of carbonyl (C=O) groups excluding carboxylic acids is 2. The van der Waals surface area contributed by atoms with Gasteiger partial charge in [-0.3, -0.25) is 9.59 Å². The quantitative estimate of drug-likeness (QED) is 0.347. The Bertz CT molecular complexity index is 1370. The summed E-state index contributed by atoms with van der Waals surface area (Å²) in [6, 6.07) is 18.6. The van der Waals surface area contributed by atoms with Crippen LogP contribution in [0.25, 0.3) is 0 Å². The van der Waals surface area contributed by atoms with Gasteiger partial charge in [-0.2, -0.15) is 0 Å². The molecule has 7 heteroatoms. The van der Waals surface area contributed by atoms with E-state index in [1.54, 1.807) is 12.1 Å². The SMILES string of the molecule is CN(C)SN1C(=O)c2ccc(C=O)cc2C12c1ccc(N(C)C)cc1C(C)(C)c1cc(N(C)C)ccc12. The van der Waals surface area contributed by atoms with Crippen LogP contribution in [0, 0.1) is 0 Å². The zero-order chi connectivity index (χ0) is 26.9. The van der Waals surface area contributed by atoms with E-state index in [1.165, 1.54) is 23.3 Å². The molecule has 6 nitrogen and oxygen atoms in total. The monoisotopic (exact) mass is 514 g/mol. The fourth-order valence-electron chi connectivity index (χ4n) is 5.84. The van der Waals surface area contributed by atoms with Crippen LogP contribution in [0.3, 0.4) is 0 Å². The second-order valence-corrected chi connectivity index (χ2v) is 12.3. The Balaban J connectivity index is 1.98. The van der Waals surface area contributed by atoms with Gasteiger partial charge >= 0.3 is 0 Å². The summed E-state index contributed by atoms with van der Waals surface area (Å²) in [6.07, 6.45) is 0.860. The fraction of sp³-hybridized carbons (Fsp3) is 0.333. The summed E-state index contributed by atoms with van der Waals surface area (Å²) >= 11 is 1.40. The molecule has 0 unspecified atom stereocenters. The lowest BCUT2D eigenvalue weighted by Crippen LogP contribution is -2.49. The smallest absolute Gasteiger partial charge is 0.266 e. The molecule has 0 radical (unpaired) electrons. The van der Waals surface area contributed by atoms with Crippen LogP contribution in [0.4, 0.5) is 11.4 Å². The third-order valence-electron chi connectivity index (χ3n) is 7.70. The highest BCUT2D eigenvalue weighted by atomic mass is 32.2. The molecule has 1 aliphatic carbocycles. The highest BCUT2D eigenvalue weighted by Crippen LogP contribution is 2.60. The van der Waals surface area contributed by atoms with Crippen LogP contribution >= 0.6 is 12.1 Å². The Morgan fingerprint density at radius 3 is 1.73 bits per heavy atom. The average molecular weight is 515 g/mol. The van der Waals surface area contributed by atoms with Crippen molar-refractivity contribution in [2.45, 2.75) is 24.8 Å². The Labute approximate surface area is 224 Å². The van der Waals surface area contributed by atoms with Crippen molar-refractivity contribution < 1.29 is 9.59 Å². The van der Waals surface area contributed by atoms with E-state index < -0.39 is 5.54 Å². The van der Waals surface area contributed by atoms with Crippen molar-refractivity contribution in [1.82, 2.24) is 8.61 Å². The number of hydrogen-bond acceptors (Lipinski definition) is 6. The minimum Gasteiger partial charge on any atom is -0.378 e. The Morgan fingerprint density at radius 2 is 1.27 bits per heavy atom. The molecular weight excluding hydrogens is 480 g/mol. The Kier molecular flexibility index (Phi) is 5.92. The zero-order valence-corrected chi connectivity index (χ0v) is 23.6. The molecule has 5 rings (SSSR count). The van der Waals surface area contributed by atoms with Crippen LogP contribution in [0.15, 0.2) is 54.6 Å². The third-order valence-corrected chi connectivity index (χ3v) is 8.63. The number of carbonyl (C=O) groups is 2. The molecule has 0 N–H and O–H groups in total. The fourth-order valence-corrected chi connectivity index (χ4v) is 6.76. The number of nitrogens with zero attached hydrogens (tertiary/aromatic N) is 4. The summed E-state index contributed by atoms with van der Waals surface area (Å²) in [6.45, 7) is 4.53. The Hall–Kier alpha value is -3.29. The topological polar surface area (TPSA) is 47.1 Å². The molecule has 1 aliphatic heterocycles. The molecule has 0 saturated heterocycles. The molecule has 0 fully saturated rings. The van der Waals surface area contributed by atoms with E-state index >= 15 is 0 Å². The van der Waals surface area contributed by atoms with Gasteiger partial charge in [0.25, 0.3) is 5.91 Å². The molecule has 0 bridgehead atoms. The minimum absolute atomic E-state index is 0.0591. The first-order valence-corrected chi connectivity index (χ1v) is 13.1. The van der Waals surface area contributed by atoms with E-state index in [0.29, 0.717) is 11.1 Å². The molecule has 0 atom stereocenters. The minimum atomic E-state index is -0.893. The first-order chi connectivity index (χ1) is 17.4. The number of hydrogen-bond donors (Lipinski definition) is 0. The normalized spacial score (nSPS) is 16.5. The maximum Gasteiger partial charge on any atom is 0.266 e. The lowest BCUT2D eigenvalue weighted by molar-refractivity contribution is 0.0837. The maximum atomic E-state index is 14.1. The highest BCUT2D eigenvalue weighted by molar-refractivity contribution is 7.95. The molecule has 1 amide bonds. The molecular formula is C30H34N4O2S. The van der Waals surface area contributed by atoms with Gasteiger partial charge in [-0.25, -0.2) is 8.61 Å². The van der Waals surface area contributed by atoms with Gasteiger partial charge in [-0.1, -0.05) is 32.0 Å². The molecule has 1 heterocycles. The van der Waals surface area contributed by atoms with E-state index in [-0.39, 0.29) is 11.3 Å². The molecule has 0 aromatic heterocycles. The summed E-state index contributed by atoms with van der Waals surface area (Å²) in [5.41, 5.74) is 7.51. The summed E-state index contributed by atoms with van der Waals surface area (Å²) in [7, 11) is 12.1. The maximum absolute atomic E-state index is 14.1. The molecule has 192 valence electrons. The van der Waals surface area contributed by atoms with Gasteiger partial charge < -0.3 is 9.80 Å². The predicted molar refractivity (Wildman–Crippen MR) is 153 cm³/mol. The first kappa shape index (κ1) is 25.4. The van der Waals surface area contributed by atoms with E-state index in [4.69, 9.17) is 0 Å². The first-order valence-electron chi connectivity index (χ1n) is 12.4. The van der Waals surface area contributed by atoms with Crippen molar-refractivity contribution in [2.24, 2.45) is 0 Å². The molecule has 0 saturated carbocycles. The van der Waals surface area contributed by atoms with Crippen LogP contribution in [0.1, 0.15) is 62.4 Å². The van der Waals surface area contributed by atoms with Gasteiger partial charge in [0, 0.05) is 73.8 Å². The number of amides is 1. The van der Waals surface area contributed by atoms with Gasteiger partial charge in [0.1, 0.15) is 11.8 Å². The van der Waals surface area contributed by atoms with Crippen LogP contribution in [-0.4, -0.2) is 63.1 Å². The highest BCUT2D eigenvalue weighted by Gasteiger charge is 2.58. The van der Waals surface area contributed by atoms with Crippen molar-refractivity contribution in [3.05, 3.63) is 93.5 Å². The number of fused-ring (bicyclic) bond motifs is 6. The zero-order valence-electron chi connectivity index (χ0n) is 22.8. The van der Waals surface area contributed by atoms with Gasteiger partial charge in [-0.15, -0.1) is 0 Å². The van der Waals surface area contributed by atoms with E-state index in [0.717, 1.165) is 34.4 Å². The van der Waals surface area contributed by atoms with E-state index in [1.807, 2.05) is 57.0 Å². The van der Waals surface area contributed by atoms with Crippen molar-refractivity contribution in [2.75, 3.05) is 52.1 Å². The van der Waals surface area contributed by atoms with E-state index in [2.05, 4.69) is 60.0 Å². The van der Waals surface area contributed by atoms with Gasteiger partial charge in [0.15, 0.2) is 0 Å². The van der Waals surface area contributed by atoms with E-state index in [9.17, 15) is 9.59 Å². The summed E-state index contributed by atoms with van der Waals surface area (Å²) < 4.78 is 3.86. The van der Waals surface area contributed by atoms with Crippen LogP contribution < -0.4 is 9.80 Å². The molecule has 2 aliphatic rings. The van der Waals surface area contributed by atoms with Gasteiger partial charge in [0.2, 0.25) is 0 Å². The summed E-state index contributed by atoms with van der Waals surface area (Å²) in [4.78, 5) is 30.3. The van der Waals surface area contributed by atoms with Crippen molar-refractivity contribution >= 4 is 35.7 Å². The second kappa shape index (κ2) is 8.64. The van der Waals surface area contributed by atoms with Crippen molar-refractivity contribution in [3.63, 3.8) is 0 Å². The standard InChI is InChI=1S/C30H34N4O2S/c1-29(2)26-16-20(31(3)4)10-13-23(26)30(24-14-11-21(32(5)6)17-27(24)29)25-15-19(18-35)9-12-22(25)28(36)34(30)37-33(7)8/h9-18H,1-8H3. The number of aldehydes is 1. The number of benzene rings is 3. The second-order valence-electron chi connectivity index (χ2n) is 11.0. The van der Waals surface area contributed by atoms with Crippen LogP contribution in [0.5, 0.6) is 0 Å². The van der Waals surface area contributed by atoms with Crippen LogP contribution in [0.2, 0.25) is 0 Å². The summed E-state index contributed by atoms with van der Waals surface area (Å²) in [5.74, 6) is -0.0591. The predicted octanol–water partition coefficient (Wildman–Crippen LogP) is 5.14. The molecule has 1 spiro atoms. The molecule has 3 aromatic carbocycles. The summed E-state index contributed by atoms with van der Waals surface area (Å²) in [5, 5.41) is 0. The number of anilines is 2. The van der Waals surface area contributed by atoms with Gasteiger partial charge in [-0.05, 0) is 72.7 Å².